The van der Waals surface area contributed by atoms with E-state index >= 15 is 0 Å². The molecule has 0 saturated carbocycles. The molecule has 0 spiro atoms. The van der Waals surface area contributed by atoms with Gasteiger partial charge in [-0.2, -0.15) is 0 Å². The van der Waals surface area contributed by atoms with Crippen LogP contribution in [0.25, 0.3) is 0 Å². The Balaban J connectivity index is 1.98. The average Bonchev–Trinajstić information content (AvgIpc) is 3.04. The van der Waals surface area contributed by atoms with E-state index in [4.69, 9.17) is 14.2 Å². The van der Waals surface area contributed by atoms with Gasteiger partial charge >= 0.3 is 5.97 Å². The summed E-state index contributed by atoms with van der Waals surface area (Å²) in [4.78, 5) is 26.1. The van der Waals surface area contributed by atoms with E-state index in [2.05, 4.69) is 6.58 Å². The molecular weight excluding hydrogens is 386 g/mol. The number of nitrogens with zero attached hydrogens (tertiary/aromatic N) is 1. The van der Waals surface area contributed by atoms with Crippen LogP contribution in [0.1, 0.15) is 23.7 Å². The highest BCUT2D eigenvalue weighted by Crippen LogP contribution is 2.28. The molecule has 1 unspecified atom stereocenters. The van der Waals surface area contributed by atoms with Crippen LogP contribution in [0, 0.1) is 0 Å². The summed E-state index contributed by atoms with van der Waals surface area (Å²) in [7, 11) is -1.66. The smallest absolute Gasteiger partial charge is 0.338 e. The summed E-state index contributed by atoms with van der Waals surface area (Å²) in [5.74, 6) is -0.276. The van der Waals surface area contributed by atoms with Crippen LogP contribution in [0.3, 0.4) is 0 Å². The topological polar surface area (TPSA) is 99.2 Å². The first-order chi connectivity index (χ1) is 13.3. The summed E-state index contributed by atoms with van der Waals surface area (Å²) < 4.78 is 39.0. The summed E-state index contributed by atoms with van der Waals surface area (Å²) in [6.07, 6.45) is 1.99. The second-order valence-electron chi connectivity index (χ2n) is 6.28. The maximum Gasteiger partial charge on any atom is 0.338 e. The minimum atomic E-state index is -3.11. The number of carbonyl (C=O) groups is 2. The molecule has 0 N–H and O–H groups in total. The normalized spacial score (nSPS) is 17.6. The minimum absolute atomic E-state index is 0.0517. The molecule has 1 heterocycles. The molecule has 1 saturated heterocycles. The van der Waals surface area contributed by atoms with Gasteiger partial charge in [-0.15, -0.1) is 0 Å². The van der Waals surface area contributed by atoms with Crippen LogP contribution in [0.5, 0.6) is 11.5 Å². The highest BCUT2D eigenvalue weighted by atomic mass is 32.2. The van der Waals surface area contributed by atoms with Crippen LogP contribution in [-0.2, 0) is 19.4 Å². The third-order valence-electron chi connectivity index (χ3n) is 4.39. The van der Waals surface area contributed by atoms with E-state index in [1.165, 1.54) is 24.1 Å². The largest absolute Gasteiger partial charge is 0.493 e. The molecule has 1 aromatic carbocycles. The number of esters is 1. The molecule has 0 radical (unpaired) electrons. The number of hydrogen-bond donors (Lipinski definition) is 0. The molecule has 2 rings (SSSR count). The molecule has 0 bridgehead atoms. The van der Waals surface area contributed by atoms with Crippen molar-refractivity contribution in [2.45, 2.75) is 19.4 Å². The maximum atomic E-state index is 12.4. The van der Waals surface area contributed by atoms with Crippen LogP contribution in [0.15, 0.2) is 30.9 Å². The van der Waals surface area contributed by atoms with E-state index in [1.54, 1.807) is 19.1 Å². The molecule has 1 atom stereocenters. The number of sulfone groups is 1. The first-order valence-corrected chi connectivity index (χ1v) is 10.7. The number of methoxy groups -OCH3 is 1. The Hall–Kier alpha value is -2.55. The molecule has 1 aliphatic rings. The zero-order chi connectivity index (χ0) is 20.7. The Kier molecular flexibility index (Phi) is 7.45. The first-order valence-electron chi connectivity index (χ1n) is 8.90. The molecule has 0 aromatic heterocycles. The summed E-state index contributed by atoms with van der Waals surface area (Å²) in [5.41, 5.74) is 0.210. The molecular formula is C19H25NO7S. The van der Waals surface area contributed by atoms with Gasteiger partial charge < -0.3 is 19.1 Å². The third-order valence-corrected chi connectivity index (χ3v) is 6.14. The fourth-order valence-corrected chi connectivity index (χ4v) is 4.75. The van der Waals surface area contributed by atoms with E-state index in [1.807, 2.05) is 0 Å². The molecule has 8 nitrogen and oxygen atoms in total. The van der Waals surface area contributed by atoms with Crippen molar-refractivity contribution in [3.63, 3.8) is 0 Å². The summed E-state index contributed by atoms with van der Waals surface area (Å²) in [6.45, 7) is 5.51. The van der Waals surface area contributed by atoms with Crippen LogP contribution < -0.4 is 9.47 Å². The molecule has 1 fully saturated rings. The third kappa shape index (κ3) is 5.48. The van der Waals surface area contributed by atoms with Gasteiger partial charge in [0.05, 0.1) is 24.2 Å². The fourth-order valence-electron chi connectivity index (χ4n) is 3.02. The molecule has 0 aliphatic carbocycles. The van der Waals surface area contributed by atoms with Crippen LogP contribution in [-0.4, -0.2) is 69.6 Å². The highest BCUT2D eigenvalue weighted by molar-refractivity contribution is 7.91. The van der Waals surface area contributed by atoms with Gasteiger partial charge in [-0.05, 0) is 31.5 Å². The second-order valence-corrected chi connectivity index (χ2v) is 8.51. The lowest BCUT2D eigenvalue weighted by molar-refractivity contribution is -0.136. The van der Waals surface area contributed by atoms with Gasteiger partial charge in [0.25, 0.3) is 5.91 Å². The fraction of sp³-hybridized carbons (Fsp3) is 0.474. The Morgan fingerprint density at radius 2 is 2.07 bits per heavy atom. The van der Waals surface area contributed by atoms with E-state index in [0.717, 1.165) is 0 Å². The molecule has 1 aromatic rings. The van der Waals surface area contributed by atoms with Crippen LogP contribution in [0.4, 0.5) is 0 Å². The van der Waals surface area contributed by atoms with Crippen molar-refractivity contribution >= 4 is 21.7 Å². The van der Waals surface area contributed by atoms with Crippen molar-refractivity contribution in [3.8, 4) is 11.5 Å². The van der Waals surface area contributed by atoms with Gasteiger partial charge in [-0.3, -0.25) is 4.79 Å². The van der Waals surface area contributed by atoms with Gasteiger partial charge in [0.15, 0.2) is 27.9 Å². The predicted octanol–water partition coefficient (Wildman–Crippen LogP) is 1.45. The van der Waals surface area contributed by atoms with Crippen molar-refractivity contribution in [1.82, 2.24) is 4.90 Å². The van der Waals surface area contributed by atoms with E-state index in [0.29, 0.717) is 31.1 Å². The SMILES string of the molecule is C=CCOc1ccc(C(=O)OCC(=O)N(CC)C2CCS(=O)(=O)C2)cc1OC. The predicted molar refractivity (Wildman–Crippen MR) is 103 cm³/mol. The van der Waals surface area contributed by atoms with Crippen molar-refractivity contribution in [1.29, 1.82) is 0 Å². The minimum Gasteiger partial charge on any atom is -0.493 e. The molecule has 154 valence electrons. The van der Waals surface area contributed by atoms with Gasteiger partial charge in [0, 0.05) is 12.6 Å². The van der Waals surface area contributed by atoms with Crippen molar-refractivity contribution in [2.75, 3.05) is 38.4 Å². The van der Waals surface area contributed by atoms with Crippen molar-refractivity contribution in [3.05, 3.63) is 36.4 Å². The second kappa shape index (κ2) is 9.59. The number of ether oxygens (including phenoxy) is 3. The lowest BCUT2D eigenvalue weighted by Gasteiger charge is -2.26. The van der Waals surface area contributed by atoms with E-state index in [9.17, 15) is 18.0 Å². The molecule has 1 amide bonds. The van der Waals surface area contributed by atoms with Crippen LogP contribution in [0.2, 0.25) is 0 Å². The highest BCUT2D eigenvalue weighted by Gasteiger charge is 2.34. The van der Waals surface area contributed by atoms with Crippen molar-refractivity contribution in [2.24, 2.45) is 0 Å². The number of amides is 1. The molecule has 9 heteroatoms. The molecule has 28 heavy (non-hydrogen) atoms. The zero-order valence-electron chi connectivity index (χ0n) is 16.0. The number of hydrogen-bond acceptors (Lipinski definition) is 7. The lowest BCUT2D eigenvalue weighted by Crippen LogP contribution is -2.43. The Labute approximate surface area is 165 Å². The first kappa shape index (κ1) is 21.7. The molecule has 1 aliphatic heterocycles. The summed E-state index contributed by atoms with van der Waals surface area (Å²) >= 11 is 0. The number of rotatable bonds is 9. The lowest BCUT2D eigenvalue weighted by atomic mass is 10.2. The monoisotopic (exact) mass is 411 g/mol. The van der Waals surface area contributed by atoms with Gasteiger partial charge in [0.2, 0.25) is 0 Å². The van der Waals surface area contributed by atoms with E-state index in [-0.39, 0.29) is 23.1 Å². The zero-order valence-corrected chi connectivity index (χ0v) is 16.9. The standard InChI is InChI=1S/C19H25NO7S/c1-4-9-26-16-7-6-14(11-17(16)25-3)19(22)27-12-18(21)20(5-2)15-8-10-28(23,24)13-15/h4,6-7,11,15H,1,5,8-10,12-13H2,2-3H3. The Morgan fingerprint density at radius 1 is 1.32 bits per heavy atom. The quantitative estimate of drug-likeness (QED) is 0.448. The summed E-state index contributed by atoms with van der Waals surface area (Å²) in [5, 5.41) is 0. The van der Waals surface area contributed by atoms with Crippen LogP contribution >= 0.6 is 0 Å². The number of benzene rings is 1. The number of likely N-dealkylation sites (N-methyl/N-ethyl adjacent to an activating group) is 1. The van der Waals surface area contributed by atoms with E-state index < -0.39 is 28.3 Å². The van der Waals surface area contributed by atoms with Crippen molar-refractivity contribution < 1.29 is 32.2 Å². The van der Waals surface area contributed by atoms with Gasteiger partial charge in [-0.1, -0.05) is 12.7 Å². The average molecular weight is 411 g/mol. The maximum absolute atomic E-state index is 12.4. The number of carbonyl (C=O) groups excluding carboxylic acids is 2. The Morgan fingerprint density at radius 3 is 2.64 bits per heavy atom. The van der Waals surface area contributed by atoms with Gasteiger partial charge in [0.1, 0.15) is 6.61 Å². The Bertz CT molecular complexity index is 835. The van der Waals surface area contributed by atoms with Gasteiger partial charge in [-0.25, -0.2) is 13.2 Å². The summed E-state index contributed by atoms with van der Waals surface area (Å²) in [6, 6.07) is 4.17.